The molecule has 0 saturated carbocycles. The monoisotopic (exact) mass is 318 g/mol. The van der Waals surface area contributed by atoms with Crippen LogP contribution in [-0.2, 0) is 0 Å². The third kappa shape index (κ3) is 2.98. The van der Waals surface area contributed by atoms with Crippen molar-refractivity contribution < 1.29 is 4.79 Å². The van der Waals surface area contributed by atoms with E-state index in [0.717, 1.165) is 28.3 Å². The summed E-state index contributed by atoms with van der Waals surface area (Å²) in [6.07, 6.45) is 0. The highest BCUT2D eigenvalue weighted by Crippen LogP contribution is 2.21. The maximum absolute atomic E-state index is 12.6. The quantitative estimate of drug-likeness (QED) is 0.727. The molecule has 1 N–H and O–H groups in total. The van der Waals surface area contributed by atoms with Gasteiger partial charge < -0.3 is 9.88 Å². The van der Waals surface area contributed by atoms with Crippen LogP contribution in [0, 0.1) is 27.7 Å². The third-order valence-electron chi connectivity index (χ3n) is 4.49. The van der Waals surface area contributed by atoms with Gasteiger partial charge in [0, 0.05) is 28.3 Å². The lowest BCUT2D eigenvalue weighted by Crippen LogP contribution is -2.13. The van der Waals surface area contributed by atoms with E-state index in [1.807, 2.05) is 56.3 Å². The summed E-state index contributed by atoms with van der Waals surface area (Å²) in [6.45, 7) is 8.20. The molecule has 0 fully saturated rings. The molecule has 0 aliphatic heterocycles. The molecule has 122 valence electrons. The van der Waals surface area contributed by atoms with Crippen LogP contribution in [-0.4, -0.2) is 10.5 Å². The van der Waals surface area contributed by atoms with Crippen molar-refractivity contribution in [3.8, 4) is 5.69 Å². The van der Waals surface area contributed by atoms with E-state index < -0.39 is 0 Å². The van der Waals surface area contributed by atoms with Crippen LogP contribution in [0.5, 0.6) is 0 Å². The molecule has 0 spiro atoms. The summed E-state index contributed by atoms with van der Waals surface area (Å²) in [4.78, 5) is 12.6. The van der Waals surface area contributed by atoms with Crippen LogP contribution in [0.2, 0.25) is 0 Å². The molecule has 0 radical (unpaired) electrons. The molecule has 3 rings (SSSR count). The number of hydrogen-bond donors (Lipinski definition) is 1. The van der Waals surface area contributed by atoms with E-state index in [9.17, 15) is 4.79 Å². The summed E-state index contributed by atoms with van der Waals surface area (Å²) in [5.74, 6) is -0.0898. The molecular formula is C21H22N2O. The number of hydrogen-bond acceptors (Lipinski definition) is 1. The first-order chi connectivity index (χ1) is 11.5. The van der Waals surface area contributed by atoms with Gasteiger partial charge in [0.2, 0.25) is 0 Å². The van der Waals surface area contributed by atoms with Crippen LogP contribution < -0.4 is 5.32 Å². The van der Waals surface area contributed by atoms with Crippen molar-refractivity contribution in [2.75, 3.05) is 5.32 Å². The van der Waals surface area contributed by atoms with Crippen molar-refractivity contribution in [2.24, 2.45) is 0 Å². The van der Waals surface area contributed by atoms with Gasteiger partial charge in [0.15, 0.2) is 0 Å². The van der Waals surface area contributed by atoms with Crippen LogP contribution >= 0.6 is 0 Å². The van der Waals surface area contributed by atoms with Gasteiger partial charge >= 0.3 is 0 Å². The van der Waals surface area contributed by atoms with Gasteiger partial charge in [0.1, 0.15) is 0 Å². The Hall–Kier alpha value is -2.81. The molecule has 3 aromatic rings. The maximum Gasteiger partial charge on any atom is 0.255 e. The van der Waals surface area contributed by atoms with Crippen LogP contribution in [0.25, 0.3) is 5.69 Å². The number of rotatable bonds is 3. The van der Waals surface area contributed by atoms with Crippen LogP contribution in [0.3, 0.4) is 0 Å². The lowest BCUT2D eigenvalue weighted by atomic mass is 10.1. The van der Waals surface area contributed by atoms with E-state index in [4.69, 9.17) is 0 Å². The van der Waals surface area contributed by atoms with E-state index in [1.165, 1.54) is 5.56 Å². The van der Waals surface area contributed by atoms with Crippen molar-refractivity contribution >= 4 is 11.6 Å². The lowest BCUT2D eigenvalue weighted by Gasteiger charge is -2.13. The SMILES string of the molecule is Cc1cccc(NC(=O)c2cccc(-n3c(C)ccc3C)c2)c1C. The first kappa shape index (κ1) is 16.1. The van der Waals surface area contributed by atoms with Crippen LogP contribution in [0.4, 0.5) is 5.69 Å². The zero-order valence-electron chi connectivity index (χ0n) is 14.6. The van der Waals surface area contributed by atoms with Crippen LogP contribution in [0.1, 0.15) is 32.9 Å². The van der Waals surface area contributed by atoms with E-state index in [0.29, 0.717) is 5.56 Å². The van der Waals surface area contributed by atoms with Crippen molar-refractivity contribution in [3.63, 3.8) is 0 Å². The summed E-state index contributed by atoms with van der Waals surface area (Å²) in [5, 5.41) is 3.02. The standard InChI is InChI=1S/C21H22N2O/c1-14-7-5-10-20(17(14)4)22-21(24)18-8-6-9-19(13-18)23-15(2)11-12-16(23)3/h5-13H,1-4H3,(H,22,24). The number of benzene rings is 2. The zero-order chi connectivity index (χ0) is 17.3. The normalized spacial score (nSPS) is 10.7. The first-order valence-electron chi connectivity index (χ1n) is 8.10. The molecule has 1 heterocycles. The molecule has 24 heavy (non-hydrogen) atoms. The Morgan fingerprint density at radius 2 is 1.54 bits per heavy atom. The highest BCUT2D eigenvalue weighted by Gasteiger charge is 2.11. The van der Waals surface area contributed by atoms with E-state index in [-0.39, 0.29) is 5.91 Å². The van der Waals surface area contributed by atoms with Gasteiger partial charge in [0.05, 0.1) is 0 Å². The van der Waals surface area contributed by atoms with Crippen molar-refractivity contribution in [1.82, 2.24) is 4.57 Å². The first-order valence-corrected chi connectivity index (χ1v) is 8.10. The second kappa shape index (κ2) is 6.36. The molecule has 2 aromatic carbocycles. The number of nitrogens with one attached hydrogen (secondary N) is 1. The predicted octanol–water partition coefficient (Wildman–Crippen LogP) is 4.96. The van der Waals surface area contributed by atoms with Gasteiger partial charge in [-0.15, -0.1) is 0 Å². The molecule has 1 aromatic heterocycles. The topological polar surface area (TPSA) is 34.0 Å². The van der Waals surface area contributed by atoms with Gasteiger partial charge in [-0.25, -0.2) is 0 Å². The molecule has 0 aliphatic carbocycles. The summed E-state index contributed by atoms with van der Waals surface area (Å²) in [6, 6.07) is 17.8. The molecule has 1 amide bonds. The number of amides is 1. The lowest BCUT2D eigenvalue weighted by molar-refractivity contribution is 0.102. The maximum atomic E-state index is 12.6. The Morgan fingerprint density at radius 1 is 0.875 bits per heavy atom. The smallest absolute Gasteiger partial charge is 0.255 e. The fourth-order valence-electron chi connectivity index (χ4n) is 2.94. The van der Waals surface area contributed by atoms with E-state index in [1.54, 1.807) is 0 Å². The fourth-order valence-corrected chi connectivity index (χ4v) is 2.94. The van der Waals surface area contributed by atoms with E-state index in [2.05, 4.69) is 35.9 Å². The molecule has 0 aliphatic rings. The number of aryl methyl sites for hydroxylation is 3. The minimum atomic E-state index is -0.0898. The predicted molar refractivity (Wildman–Crippen MR) is 99.1 cm³/mol. The molecular weight excluding hydrogens is 296 g/mol. The molecule has 0 unspecified atom stereocenters. The summed E-state index contributed by atoms with van der Waals surface area (Å²) >= 11 is 0. The molecule has 3 heteroatoms. The highest BCUT2D eigenvalue weighted by atomic mass is 16.1. The minimum absolute atomic E-state index is 0.0898. The minimum Gasteiger partial charge on any atom is -0.322 e. The Balaban J connectivity index is 1.92. The van der Waals surface area contributed by atoms with Crippen LogP contribution in [0.15, 0.2) is 54.6 Å². The Labute approximate surface area is 143 Å². The zero-order valence-corrected chi connectivity index (χ0v) is 14.6. The second-order valence-electron chi connectivity index (χ2n) is 6.20. The number of carbonyl (C=O) groups excluding carboxylic acids is 1. The third-order valence-corrected chi connectivity index (χ3v) is 4.49. The van der Waals surface area contributed by atoms with Gasteiger partial charge in [-0.2, -0.15) is 0 Å². The number of nitrogens with zero attached hydrogens (tertiary/aromatic N) is 1. The largest absolute Gasteiger partial charge is 0.322 e. The highest BCUT2D eigenvalue weighted by molar-refractivity contribution is 6.05. The average Bonchev–Trinajstić information content (AvgIpc) is 2.90. The Bertz CT molecular complexity index is 886. The van der Waals surface area contributed by atoms with Gasteiger partial charge in [-0.1, -0.05) is 18.2 Å². The number of carbonyl (C=O) groups is 1. The summed E-state index contributed by atoms with van der Waals surface area (Å²) < 4.78 is 2.15. The van der Waals surface area contributed by atoms with Crippen molar-refractivity contribution in [1.29, 1.82) is 0 Å². The van der Waals surface area contributed by atoms with Gasteiger partial charge in [0.25, 0.3) is 5.91 Å². The second-order valence-corrected chi connectivity index (χ2v) is 6.20. The fraction of sp³-hybridized carbons (Fsp3) is 0.190. The average molecular weight is 318 g/mol. The molecule has 0 saturated heterocycles. The van der Waals surface area contributed by atoms with Gasteiger partial charge in [-0.3, -0.25) is 4.79 Å². The van der Waals surface area contributed by atoms with Gasteiger partial charge in [-0.05, 0) is 75.2 Å². The van der Waals surface area contributed by atoms with Crippen molar-refractivity contribution in [2.45, 2.75) is 27.7 Å². The molecule has 0 bridgehead atoms. The Kier molecular flexibility index (Phi) is 4.26. The summed E-state index contributed by atoms with van der Waals surface area (Å²) in [7, 11) is 0. The summed E-state index contributed by atoms with van der Waals surface area (Å²) in [5.41, 5.74) is 7.08. The van der Waals surface area contributed by atoms with E-state index >= 15 is 0 Å². The molecule has 0 atom stereocenters. The Morgan fingerprint density at radius 3 is 2.25 bits per heavy atom. The molecule has 3 nitrogen and oxygen atoms in total. The van der Waals surface area contributed by atoms with Crippen molar-refractivity contribution in [3.05, 3.63) is 82.7 Å². The number of aromatic nitrogens is 1. The number of anilines is 1.